The summed E-state index contributed by atoms with van der Waals surface area (Å²) in [6.07, 6.45) is 2.56. The summed E-state index contributed by atoms with van der Waals surface area (Å²) in [6, 6.07) is 9.74. The van der Waals surface area contributed by atoms with Crippen molar-refractivity contribution < 1.29 is 13.9 Å². The van der Waals surface area contributed by atoms with E-state index in [1.54, 1.807) is 24.4 Å². The van der Waals surface area contributed by atoms with Crippen molar-refractivity contribution in [3.63, 3.8) is 0 Å². The number of nitrogens with one attached hydrogen (secondary N) is 1. The first-order valence-corrected chi connectivity index (χ1v) is 7.01. The fourth-order valence-electron chi connectivity index (χ4n) is 1.82. The highest BCUT2D eigenvalue weighted by Crippen LogP contribution is 2.22. The minimum atomic E-state index is -0.535. The summed E-state index contributed by atoms with van der Waals surface area (Å²) in [6.45, 7) is 0.627. The standard InChI is InChI=1S/C16H18FN3O2.2ClH/c17-14-10-12(20-16(21)5-3-8-18)6-7-15(14)22-11-13-4-1-2-9-19-13;;/h1-2,4,6-7,9-10H,3,5,8,11,18H2,(H,20,21);2*1H. The van der Waals surface area contributed by atoms with E-state index in [-0.39, 0.29) is 43.1 Å². The van der Waals surface area contributed by atoms with Crippen LogP contribution < -0.4 is 15.8 Å². The van der Waals surface area contributed by atoms with Crippen LogP contribution in [0.2, 0.25) is 0 Å². The zero-order valence-corrected chi connectivity index (χ0v) is 14.5. The number of aromatic nitrogens is 1. The summed E-state index contributed by atoms with van der Waals surface area (Å²) < 4.78 is 19.3. The summed E-state index contributed by atoms with van der Waals surface area (Å²) in [4.78, 5) is 15.6. The lowest BCUT2D eigenvalue weighted by molar-refractivity contribution is -0.116. The molecule has 0 aliphatic rings. The van der Waals surface area contributed by atoms with Gasteiger partial charge in [0.2, 0.25) is 5.91 Å². The van der Waals surface area contributed by atoms with E-state index in [2.05, 4.69) is 10.3 Å². The van der Waals surface area contributed by atoms with Gasteiger partial charge in [0.25, 0.3) is 0 Å². The Bertz CT molecular complexity index is 630. The van der Waals surface area contributed by atoms with Crippen molar-refractivity contribution in [2.75, 3.05) is 11.9 Å². The third-order valence-corrected chi connectivity index (χ3v) is 2.93. The number of hydrogen-bond acceptors (Lipinski definition) is 4. The largest absolute Gasteiger partial charge is 0.484 e. The lowest BCUT2D eigenvalue weighted by atomic mass is 10.2. The predicted molar refractivity (Wildman–Crippen MR) is 96.4 cm³/mol. The maximum atomic E-state index is 13.9. The molecule has 0 aliphatic heterocycles. The molecule has 2 rings (SSSR count). The smallest absolute Gasteiger partial charge is 0.224 e. The second-order valence-electron chi connectivity index (χ2n) is 4.70. The molecule has 5 nitrogen and oxygen atoms in total. The molecule has 1 aromatic carbocycles. The Morgan fingerprint density at radius 3 is 2.67 bits per heavy atom. The van der Waals surface area contributed by atoms with Crippen molar-refractivity contribution in [3.8, 4) is 5.75 Å². The molecule has 1 aromatic heterocycles. The SMILES string of the molecule is Cl.Cl.NCCCC(=O)Nc1ccc(OCc2ccccn2)c(F)c1. The molecule has 0 unspecified atom stereocenters. The average Bonchev–Trinajstić information content (AvgIpc) is 2.53. The molecule has 0 saturated carbocycles. The second-order valence-corrected chi connectivity index (χ2v) is 4.70. The number of carbonyl (C=O) groups is 1. The third kappa shape index (κ3) is 7.12. The Morgan fingerprint density at radius 1 is 1.25 bits per heavy atom. The summed E-state index contributed by atoms with van der Waals surface area (Å²) >= 11 is 0. The molecular weight excluding hydrogens is 356 g/mol. The highest BCUT2D eigenvalue weighted by molar-refractivity contribution is 5.90. The van der Waals surface area contributed by atoms with E-state index in [1.807, 2.05) is 6.07 Å². The van der Waals surface area contributed by atoms with E-state index in [0.29, 0.717) is 30.8 Å². The van der Waals surface area contributed by atoms with Crippen molar-refractivity contribution in [3.05, 3.63) is 54.1 Å². The lowest BCUT2D eigenvalue weighted by Gasteiger charge is -2.09. The Hall–Kier alpha value is -1.89. The van der Waals surface area contributed by atoms with Gasteiger partial charge in [-0.25, -0.2) is 4.39 Å². The van der Waals surface area contributed by atoms with Gasteiger partial charge < -0.3 is 15.8 Å². The molecule has 0 bridgehead atoms. The number of nitrogens with two attached hydrogens (primary N) is 1. The molecule has 1 heterocycles. The van der Waals surface area contributed by atoms with Crippen LogP contribution >= 0.6 is 24.8 Å². The number of carbonyl (C=O) groups excluding carboxylic acids is 1. The number of benzene rings is 1. The number of ether oxygens (including phenoxy) is 1. The molecule has 0 radical (unpaired) electrons. The fourth-order valence-corrected chi connectivity index (χ4v) is 1.82. The van der Waals surface area contributed by atoms with Gasteiger partial charge in [-0.3, -0.25) is 9.78 Å². The second kappa shape index (κ2) is 11.6. The zero-order chi connectivity index (χ0) is 15.8. The maximum absolute atomic E-state index is 13.9. The summed E-state index contributed by atoms with van der Waals surface area (Å²) in [7, 11) is 0. The van der Waals surface area contributed by atoms with Gasteiger partial charge in [0.1, 0.15) is 6.61 Å². The molecular formula is C16H20Cl2FN3O2. The third-order valence-electron chi connectivity index (χ3n) is 2.93. The predicted octanol–water partition coefficient (Wildman–Crippen LogP) is 3.32. The van der Waals surface area contributed by atoms with Crippen molar-refractivity contribution in [2.24, 2.45) is 5.73 Å². The fraction of sp³-hybridized carbons (Fsp3) is 0.250. The van der Waals surface area contributed by atoms with Crippen LogP contribution in [0.5, 0.6) is 5.75 Å². The van der Waals surface area contributed by atoms with Crippen molar-refractivity contribution >= 4 is 36.4 Å². The quantitative estimate of drug-likeness (QED) is 0.777. The Balaban J connectivity index is 0.00000264. The molecule has 2 aromatic rings. The van der Waals surface area contributed by atoms with Gasteiger partial charge in [0.05, 0.1) is 5.69 Å². The van der Waals surface area contributed by atoms with Crippen LogP contribution in [0.25, 0.3) is 0 Å². The monoisotopic (exact) mass is 375 g/mol. The van der Waals surface area contributed by atoms with Gasteiger partial charge in [0.15, 0.2) is 11.6 Å². The molecule has 24 heavy (non-hydrogen) atoms. The van der Waals surface area contributed by atoms with Crippen LogP contribution in [0.15, 0.2) is 42.6 Å². The highest BCUT2D eigenvalue weighted by Gasteiger charge is 2.08. The molecule has 132 valence electrons. The van der Waals surface area contributed by atoms with Crippen molar-refractivity contribution in [2.45, 2.75) is 19.4 Å². The average molecular weight is 376 g/mol. The number of anilines is 1. The van der Waals surface area contributed by atoms with Gasteiger partial charge in [-0.15, -0.1) is 24.8 Å². The van der Waals surface area contributed by atoms with Crippen LogP contribution in [0.1, 0.15) is 18.5 Å². The van der Waals surface area contributed by atoms with E-state index < -0.39 is 5.82 Å². The molecule has 3 N–H and O–H groups in total. The van der Waals surface area contributed by atoms with E-state index in [9.17, 15) is 9.18 Å². The molecule has 0 atom stereocenters. The topological polar surface area (TPSA) is 77.2 Å². The van der Waals surface area contributed by atoms with Crippen molar-refractivity contribution in [1.82, 2.24) is 4.98 Å². The van der Waals surface area contributed by atoms with Gasteiger partial charge in [0, 0.05) is 24.4 Å². The van der Waals surface area contributed by atoms with Gasteiger partial charge in [-0.05, 0) is 37.2 Å². The first-order valence-electron chi connectivity index (χ1n) is 7.01. The minimum Gasteiger partial charge on any atom is -0.484 e. The van der Waals surface area contributed by atoms with Gasteiger partial charge in [-0.2, -0.15) is 0 Å². The minimum absolute atomic E-state index is 0. The van der Waals surface area contributed by atoms with Gasteiger partial charge in [-0.1, -0.05) is 6.07 Å². The van der Waals surface area contributed by atoms with Crippen LogP contribution in [-0.4, -0.2) is 17.4 Å². The van der Waals surface area contributed by atoms with Crippen molar-refractivity contribution in [1.29, 1.82) is 0 Å². The summed E-state index contributed by atoms with van der Waals surface area (Å²) in [5.74, 6) is -0.606. The zero-order valence-electron chi connectivity index (χ0n) is 12.9. The van der Waals surface area contributed by atoms with Crippen LogP contribution in [0.3, 0.4) is 0 Å². The lowest BCUT2D eigenvalue weighted by Crippen LogP contribution is -2.13. The number of rotatable bonds is 7. The molecule has 0 aliphatic carbocycles. The first-order chi connectivity index (χ1) is 10.7. The summed E-state index contributed by atoms with van der Waals surface area (Å²) in [5.41, 5.74) is 6.44. The Morgan fingerprint density at radius 2 is 2.04 bits per heavy atom. The molecule has 1 amide bonds. The van der Waals surface area contributed by atoms with Crippen LogP contribution in [-0.2, 0) is 11.4 Å². The van der Waals surface area contributed by atoms with E-state index >= 15 is 0 Å². The van der Waals surface area contributed by atoms with Gasteiger partial charge >= 0.3 is 0 Å². The number of pyridine rings is 1. The molecule has 0 saturated heterocycles. The van der Waals surface area contributed by atoms with Crippen LogP contribution in [0, 0.1) is 5.82 Å². The van der Waals surface area contributed by atoms with Crippen LogP contribution in [0.4, 0.5) is 10.1 Å². The Kier molecular flexibility index (Phi) is 10.7. The maximum Gasteiger partial charge on any atom is 0.224 e. The Labute approximate surface area is 152 Å². The first kappa shape index (κ1) is 22.1. The van der Waals surface area contributed by atoms with E-state index in [4.69, 9.17) is 10.5 Å². The number of nitrogens with zero attached hydrogens (tertiary/aromatic N) is 1. The van der Waals surface area contributed by atoms with E-state index in [0.717, 1.165) is 0 Å². The molecule has 0 fully saturated rings. The summed E-state index contributed by atoms with van der Waals surface area (Å²) in [5, 5.41) is 2.62. The molecule has 8 heteroatoms. The number of halogens is 3. The molecule has 0 spiro atoms. The number of amides is 1. The number of hydrogen-bond donors (Lipinski definition) is 2. The normalized spacial score (nSPS) is 9.42. The highest BCUT2D eigenvalue weighted by atomic mass is 35.5. The van der Waals surface area contributed by atoms with E-state index in [1.165, 1.54) is 12.1 Å².